The highest BCUT2D eigenvalue weighted by Gasteiger charge is 2.24. The number of phenols is 1. The summed E-state index contributed by atoms with van der Waals surface area (Å²) in [6.45, 7) is 3.93. The van der Waals surface area contributed by atoms with Gasteiger partial charge in [0, 0.05) is 37.1 Å². The summed E-state index contributed by atoms with van der Waals surface area (Å²) < 4.78 is 5.51. The second kappa shape index (κ2) is 15.1. The summed E-state index contributed by atoms with van der Waals surface area (Å²) in [4.78, 5) is 39.2. The Morgan fingerprint density at radius 2 is 1.76 bits per heavy atom. The molecule has 1 aliphatic carbocycles. The molecule has 2 heterocycles. The standard InChI is InChI=1S/C30H32N2O5.C7H7Cl/c33-25-9-5-8-24-26(34)18-27(37-29(24)25)30(36)31-16-15-20-11-13-21(14-12-20)23-7-2-1-6-22(23)19-32-17-4-3-10-28(32)35;1-6-2-4-7(8)5-3-6/h1-2,5-9,15,18,21,33H,3-4,10-14,16-17,19H2,(H,31,36);2-5H,1H3. The predicted molar refractivity (Wildman–Crippen MR) is 178 cm³/mol. The van der Waals surface area contributed by atoms with E-state index in [1.54, 1.807) is 12.1 Å². The number of aromatic hydroxyl groups is 1. The highest BCUT2D eigenvalue weighted by Crippen LogP contribution is 2.37. The van der Waals surface area contributed by atoms with E-state index in [2.05, 4.69) is 29.6 Å². The van der Waals surface area contributed by atoms with Gasteiger partial charge in [-0.05, 0) is 86.8 Å². The molecule has 0 unspecified atom stereocenters. The van der Waals surface area contributed by atoms with Crippen molar-refractivity contribution in [1.29, 1.82) is 0 Å². The highest BCUT2D eigenvalue weighted by atomic mass is 35.5. The van der Waals surface area contributed by atoms with E-state index in [1.165, 1.54) is 28.3 Å². The minimum absolute atomic E-state index is 0.0155. The van der Waals surface area contributed by atoms with Crippen LogP contribution in [0, 0.1) is 6.92 Å². The molecule has 2 fully saturated rings. The Hall–Kier alpha value is -4.36. The van der Waals surface area contributed by atoms with Gasteiger partial charge < -0.3 is 19.7 Å². The first-order chi connectivity index (χ1) is 21.8. The lowest BCUT2D eigenvalue weighted by molar-refractivity contribution is -0.133. The Morgan fingerprint density at radius 3 is 2.49 bits per heavy atom. The molecule has 1 aromatic heterocycles. The number of para-hydroxylation sites is 1. The molecule has 8 heteroatoms. The third-order valence-electron chi connectivity index (χ3n) is 8.53. The minimum atomic E-state index is -0.492. The summed E-state index contributed by atoms with van der Waals surface area (Å²) in [6, 6.07) is 21.9. The molecular formula is C37H39ClN2O5. The zero-order chi connectivity index (χ0) is 31.8. The molecule has 2 aliphatic rings. The summed E-state index contributed by atoms with van der Waals surface area (Å²) in [5.41, 5.74) is 4.80. The molecule has 6 rings (SSSR count). The summed E-state index contributed by atoms with van der Waals surface area (Å²) >= 11 is 5.61. The van der Waals surface area contributed by atoms with E-state index in [0.717, 1.165) is 56.2 Å². The van der Waals surface area contributed by atoms with Crippen molar-refractivity contribution in [3.8, 4) is 5.75 Å². The van der Waals surface area contributed by atoms with E-state index >= 15 is 0 Å². The van der Waals surface area contributed by atoms with Crippen LogP contribution in [0.15, 0.2) is 93.7 Å². The number of aryl methyl sites for hydroxylation is 1. The van der Waals surface area contributed by atoms with Gasteiger partial charge in [0.15, 0.2) is 22.5 Å². The summed E-state index contributed by atoms with van der Waals surface area (Å²) in [6.07, 6.45) is 8.75. The number of likely N-dealkylation sites (tertiary alicyclic amines) is 1. The quantitative estimate of drug-likeness (QED) is 0.214. The Balaban J connectivity index is 0.000000436. The number of amides is 2. The maximum atomic E-state index is 12.6. The number of benzene rings is 3. The van der Waals surface area contributed by atoms with E-state index < -0.39 is 5.91 Å². The number of halogens is 1. The number of piperidine rings is 1. The number of phenolic OH excluding ortho intramolecular Hbond substituents is 1. The molecule has 1 aliphatic heterocycles. The first-order valence-electron chi connectivity index (χ1n) is 15.6. The topological polar surface area (TPSA) is 99.9 Å². The second-order valence-corrected chi connectivity index (χ2v) is 12.2. The van der Waals surface area contributed by atoms with Crippen molar-refractivity contribution in [2.45, 2.75) is 64.3 Å². The van der Waals surface area contributed by atoms with Gasteiger partial charge in [0.25, 0.3) is 5.91 Å². The zero-order valence-corrected chi connectivity index (χ0v) is 26.3. The van der Waals surface area contributed by atoms with Gasteiger partial charge in [0.05, 0.1) is 5.39 Å². The van der Waals surface area contributed by atoms with Crippen LogP contribution in [0.4, 0.5) is 0 Å². The monoisotopic (exact) mass is 626 g/mol. The smallest absolute Gasteiger partial charge is 0.287 e. The fraction of sp³-hybridized carbons (Fsp3) is 0.324. The van der Waals surface area contributed by atoms with Gasteiger partial charge in [0.1, 0.15) is 0 Å². The number of rotatable bonds is 6. The highest BCUT2D eigenvalue weighted by molar-refractivity contribution is 6.30. The third kappa shape index (κ3) is 8.43. The Morgan fingerprint density at radius 1 is 1.00 bits per heavy atom. The normalized spacial score (nSPS) is 16.6. The van der Waals surface area contributed by atoms with Crippen LogP contribution in [0.5, 0.6) is 5.75 Å². The van der Waals surface area contributed by atoms with Crippen molar-refractivity contribution in [1.82, 2.24) is 10.2 Å². The van der Waals surface area contributed by atoms with Gasteiger partial charge in [-0.3, -0.25) is 14.4 Å². The fourth-order valence-corrected chi connectivity index (χ4v) is 6.12. The van der Waals surface area contributed by atoms with Crippen LogP contribution in [0.1, 0.15) is 78.1 Å². The number of nitrogens with one attached hydrogen (secondary N) is 1. The van der Waals surface area contributed by atoms with Crippen LogP contribution in [-0.4, -0.2) is 34.9 Å². The first-order valence-corrected chi connectivity index (χ1v) is 16.0. The van der Waals surface area contributed by atoms with Crippen molar-refractivity contribution < 1.29 is 19.1 Å². The Kier molecular flexibility index (Phi) is 10.7. The molecule has 1 saturated carbocycles. The maximum Gasteiger partial charge on any atom is 0.287 e. The molecular weight excluding hydrogens is 588 g/mol. The molecule has 4 aromatic rings. The SMILES string of the molecule is Cc1ccc(Cl)cc1.O=C(NCC=C1CCC(c2ccccc2CN2CCCCC2=O)CC1)c1cc(=O)c2cccc(O)c2o1. The van der Waals surface area contributed by atoms with Gasteiger partial charge in [-0.15, -0.1) is 0 Å². The Labute approximate surface area is 268 Å². The van der Waals surface area contributed by atoms with Gasteiger partial charge in [0.2, 0.25) is 5.91 Å². The van der Waals surface area contributed by atoms with Gasteiger partial charge in [-0.1, -0.05) is 71.3 Å². The molecule has 0 bridgehead atoms. The van der Waals surface area contributed by atoms with Crippen molar-refractivity contribution in [3.63, 3.8) is 0 Å². The average molecular weight is 627 g/mol. The third-order valence-corrected chi connectivity index (χ3v) is 8.78. The Bertz CT molecular complexity index is 1710. The van der Waals surface area contributed by atoms with E-state index in [1.807, 2.05) is 42.2 Å². The second-order valence-electron chi connectivity index (χ2n) is 11.7. The lowest BCUT2D eigenvalue weighted by atomic mass is 9.79. The van der Waals surface area contributed by atoms with Crippen molar-refractivity contribution in [3.05, 3.63) is 122 Å². The maximum absolute atomic E-state index is 12.6. The van der Waals surface area contributed by atoms with Crippen LogP contribution >= 0.6 is 11.6 Å². The van der Waals surface area contributed by atoms with E-state index in [0.29, 0.717) is 25.4 Å². The lowest BCUT2D eigenvalue weighted by Gasteiger charge is -2.30. The van der Waals surface area contributed by atoms with Crippen LogP contribution in [-0.2, 0) is 11.3 Å². The number of allylic oxidation sites excluding steroid dienone is 1. The van der Waals surface area contributed by atoms with Gasteiger partial charge in [-0.2, -0.15) is 0 Å². The number of carbonyl (C=O) groups excluding carboxylic acids is 2. The van der Waals surface area contributed by atoms with Crippen LogP contribution in [0.2, 0.25) is 5.02 Å². The fourth-order valence-electron chi connectivity index (χ4n) is 6.00. The molecule has 0 radical (unpaired) electrons. The largest absolute Gasteiger partial charge is 0.504 e. The number of hydrogen-bond acceptors (Lipinski definition) is 5. The minimum Gasteiger partial charge on any atom is -0.504 e. The van der Waals surface area contributed by atoms with Gasteiger partial charge in [-0.25, -0.2) is 0 Å². The summed E-state index contributed by atoms with van der Waals surface area (Å²) in [5, 5.41) is 13.8. The van der Waals surface area contributed by atoms with E-state index in [-0.39, 0.29) is 33.8 Å². The van der Waals surface area contributed by atoms with Crippen molar-refractivity contribution >= 4 is 34.4 Å². The summed E-state index contributed by atoms with van der Waals surface area (Å²) in [7, 11) is 0. The number of fused-ring (bicyclic) bond motifs is 1. The number of hydrogen-bond donors (Lipinski definition) is 2. The van der Waals surface area contributed by atoms with Crippen LogP contribution in [0.25, 0.3) is 11.0 Å². The molecule has 1 saturated heterocycles. The molecule has 2 amide bonds. The van der Waals surface area contributed by atoms with Crippen LogP contribution < -0.4 is 10.7 Å². The zero-order valence-electron chi connectivity index (χ0n) is 25.6. The first kappa shape index (κ1) is 32.0. The molecule has 234 valence electrons. The molecule has 3 aromatic carbocycles. The van der Waals surface area contributed by atoms with Crippen molar-refractivity contribution in [2.75, 3.05) is 13.1 Å². The predicted octanol–water partition coefficient (Wildman–Crippen LogP) is 7.67. The molecule has 2 N–H and O–H groups in total. The molecule has 0 spiro atoms. The molecule has 45 heavy (non-hydrogen) atoms. The van der Waals surface area contributed by atoms with E-state index in [4.69, 9.17) is 16.0 Å². The lowest BCUT2D eigenvalue weighted by Crippen LogP contribution is -2.35. The van der Waals surface area contributed by atoms with Crippen molar-refractivity contribution in [2.24, 2.45) is 0 Å². The molecule has 0 atom stereocenters. The number of nitrogens with zero attached hydrogens (tertiary/aromatic N) is 1. The van der Waals surface area contributed by atoms with E-state index in [9.17, 15) is 19.5 Å². The average Bonchev–Trinajstić information content (AvgIpc) is 3.05. The summed E-state index contributed by atoms with van der Waals surface area (Å²) in [5.74, 6) is -0.0646. The van der Waals surface area contributed by atoms with Gasteiger partial charge >= 0.3 is 0 Å². The van der Waals surface area contributed by atoms with Crippen LogP contribution in [0.3, 0.4) is 0 Å². The molecule has 7 nitrogen and oxygen atoms in total. The number of carbonyl (C=O) groups is 2.